The van der Waals surface area contributed by atoms with Crippen LogP contribution in [0.2, 0.25) is 0 Å². The number of carbonyl (C=O) groups excluding carboxylic acids is 1. The molecule has 2 aromatic carbocycles. The first kappa shape index (κ1) is 15.9. The highest BCUT2D eigenvalue weighted by molar-refractivity contribution is 9.10. The second-order valence-corrected chi connectivity index (χ2v) is 6.06. The Kier molecular flexibility index (Phi) is 5.65. The normalized spacial score (nSPS) is 10.9. The zero-order valence-electron chi connectivity index (χ0n) is 11.9. The molecule has 2 rings (SSSR count). The van der Waals surface area contributed by atoms with Gasteiger partial charge in [0.1, 0.15) is 5.82 Å². The van der Waals surface area contributed by atoms with Gasteiger partial charge >= 0.3 is 0 Å². The molecule has 0 bridgehead atoms. The minimum absolute atomic E-state index is 0.126. The van der Waals surface area contributed by atoms with Crippen LogP contribution in [0.15, 0.2) is 53.0 Å². The lowest BCUT2D eigenvalue weighted by atomic mass is 10.1. The van der Waals surface area contributed by atoms with E-state index in [1.54, 1.807) is 12.1 Å². The van der Waals surface area contributed by atoms with Gasteiger partial charge in [-0.15, -0.1) is 0 Å². The lowest BCUT2D eigenvalue weighted by Crippen LogP contribution is -2.26. The molecule has 0 saturated carbocycles. The molecule has 0 aliphatic rings. The summed E-state index contributed by atoms with van der Waals surface area (Å²) < 4.78 is 13.9. The van der Waals surface area contributed by atoms with Crippen molar-refractivity contribution in [1.29, 1.82) is 0 Å². The van der Waals surface area contributed by atoms with Crippen LogP contribution in [-0.2, 0) is 17.8 Å². The van der Waals surface area contributed by atoms with E-state index in [4.69, 9.17) is 0 Å². The summed E-state index contributed by atoms with van der Waals surface area (Å²) in [6, 6.07) is 14.1. The number of Topliss-reactive ketones (excluding diaryl/α,β-unsaturated/α-hetero) is 1. The first-order valence-electron chi connectivity index (χ1n) is 6.72. The second-order valence-electron chi connectivity index (χ2n) is 5.14. The molecule has 0 radical (unpaired) electrons. The van der Waals surface area contributed by atoms with Crippen molar-refractivity contribution in [3.63, 3.8) is 0 Å². The highest BCUT2D eigenvalue weighted by atomic mass is 79.9. The lowest BCUT2D eigenvalue weighted by molar-refractivity contribution is -0.119. The van der Waals surface area contributed by atoms with Gasteiger partial charge in [0.25, 0.3) is 0 Å². The fraction of sp³-hybridized carbons (Fsp3) is 0.235. The second kappa shape index (κ2) is 7.48. The van der Waals surface area contributed by atoms with Crippen LogP contribution in [0.3, 0.4) is 0 Å². The maximum absolute atomic E-state index is 12.8. The molecular weight excluding hydrogens is 333 g/mol. The van der Waals surface area contributed by atoms with E-state index in [1.165, 1.54) is 12.1 Å². The molecule has 2 aromatic rings. The van der Waals surface area contributed by atoms with Crippen LogP contribution in [0.1, 0.15) is 11.1 Å². The van der Waals surface area contributed by atoms with E-state index in [2.05, 4.69) is 15.9 Å². The minimum Gasteiger partial charge on any atom is -0.298 e. The van der Waals surface area contributed by atoms with Crippen molar-refractivity contribution in [3.8, 4) is 0 Å². The maximum atomic E-state index is 12.8. The minimum atomic E-state index is -0.279. The van der Waals surface area contributed by atoms with Crippen molar-refractivity contribution in [3.05, 3.63) is 69.9 Å². The van der Waals surface area contributed by atoms with E-state index in [0.29, 0.717) is 13.0 Å². The lowest BCUT2D eigenvalue weighted by Gasteiger charge is -2.16. The summed E-state index contributed by atoms with van der Waals surface area (Å²) >= 11 is 3.40. The summed E-state index contributed by atoms with van der Waals surface area (Å²) in [5.74, 6) is -0.153. The zero-order valence-corrected chi connectivity index (χ0v) is 13.4. The number of carbonyl (C=O) groups is 1. The molecule has 0 aliphatic carbocycles. The van der Waals surface area contributed by atoms with Crippen LogP contribution in [-0.4, -0.2) is 24.3 Å². The number of nitrogens with zero attached hydrogens (tertiary/aromatic N) is 1. The Morgan fingerprint density at radius 1 is 1.05 bits per heavy atom. The van der Waals surface area contributed by atoms with Crippen molar-refractivity contribution < 1.29 is 9.18 Å². The van der Waals surface area contributed by atoms with Crippen LogP contribution >= 0.6 is 15.9 Å². The van der Waals surface area contributed by atoms with Crippen LogP contribution in [0.5, 0.6) is 0 Å². The predicted octanol–water partition coefficient (Wildman–Crippen LogP) is 3.83. The van der Waals surface area contributed by atoms with Gasteiger partial charge in [-0.05, 0) is 42.4 Å². The number of ketones is 1. The van der Waals surface area contributed by atoms with Crippen LogP contribution in [0.4, 0.5) is 4.39 Å². The Hall–Kier alpha value is -1.52. The molecule has 110 valence electrons. The number of hydrogen-bond acceptors (Lipinski definition) is 2. The van der Waals surface area contributed by atoms with Gasteiger partial charge < -0.3 is 0 Å². The van der Waals surface area contributed by atoms with Gasteiger partial charge in [0.05, 0.1) is 6.54 Å². The molecule has 0 N–H and O–H groups in total. The largest absolute Gasteiger partial charge is 0.298 e. The summed E-state index contributed by atoms with van der Waals surface area (Å²) in [7, 11) is 1.92. The van der Waals surface area contributed by atoms with Crippen molar-refractivity contribution >= 4 is 21.7 Å². The van der Waals surface area contributed by atoms with Crippen LogP contribution in [0.25, 0.3) is 0 Å². The zero-order chi connectivity index (χ0) is 15.2. The van der Waals surface area contributed by atoms with E-state index in [0.717, 1.165) is 22.1 Å². The van der Waals surface area contributed by atoms with Crippen molar-refractivity contribution in [1.82, 2.24) is 4.90 Å². The Balaban J connectivity index is 1.84. The molecular formula is C17H17BrFNO. The van der Waals surface area contributed by atoms with Crippen molar-refractivity contribution in [2.75, 3.05) is 13.6 Å². The Labute approximate surface area is 132 Å². The standard InChI is InChI=1S/C17H17BrFNO/c1-20(11-14-2-6-15(18)7-3-14)12-17(21)10-13-4-8-16(19)9-5-13/h2-9H,10-12H2,1H3. The van der Waals surface area contributed by atoms with Gasteiger partial charge in [0, 0.05) is 17.4 Å². The SMILES string of the molecule is CN(CC(=O)Cc1ccc(F)cc1)Cc1ccc(Br)cc1. The summed E-state index contributed by atoms with van der Waals surface area (Å²) in [5.41, 5.74) is 2.01. The summed E-state index contributed by atoms with van der Waals surface area (Å²) in [6.45, 7) is 1.11. The quantitative estimate of drug-likeness (QED) is 0.789. The average molecular weight is 350 g/mol. The number of hydrogen-bond donors (Lipinski definition) is 0. The molecule has 0 aliphatic heterocycles. The fourth-order valence-electron chi connectivity index (χ4n) is 2.14. The molecule has 0 heterocycles. The van der Waals surface area contributed by atoms with Gasteiger partial charge in [0.2, 0.25) is 0 Å². The molecule has 0 unspecified atom stereocenters. The van der Waals surface area contributed by atoms with E-state index < -0.39 is 0 Å². The fourth-order valence-corrected chi connectivity index (χ4v) is 2.41. The molecule has 0 atom stereocenters. The highest BCUT2D eigenvalue weighted by Crippen LogP contribution is 2.12. The molecule has 4 heteroatoms. The summed E-state index contributed by atoms with van der Waals surface area (Å²) in [5, 5.41) is 0. The average Bonchev–Trinajstić information content (AvgIpc) is 2.44. The first-order valence-corrected chi connectivity index (χ1v) is 7.51. The smallest absolute Gasteiger partial charge is 0.151 e. The monoisotopic (exact) mass is 349 g/mol. The van der Waals surface area contributed by atoms with E-state index in [-0.39, 0.29) is 11.6 Å². The third-order valence-electron chi connectivity index (χ3n) is 3.13. The van der Waals surface area contributed by atoms with E-state index in [9.17, 15) is 9.18 Å². The van der Waals surface area contributed by atoms with Gasteiger partial charge in [-0.3, -0.25) is 9.69 Å². The van der Waals surface area contributed by atoms with Gasteiger partial charge in [-0.25, -0.2) is 4.39 Å². The number of likely N-dealkylation sites (N-methyl/N-ethyl adjacent to an activating group) is 1. The molecule has 0 spiro atoms. The van der Waals surface area contributed by atoms with Gasteiger partial charge in [-0.1, -0.05) is 40.2 Å². The number of benzene rings is 2. The third kappa shape index (κ3) is 5.40. The maximum Gasteiger partial charge on any atom is 0.151 e. The van der Waals surface area contributed by atoms with Crippen LogP contribution in [0, 0.1) is 5.82 Å². The first-order chi connectivity index (χ1) is 10.0. The Bertz CT molecular complexity index is 595. The Morgan fingerprint density at radius 3 is 2.24 bits per heavy atom. The summed E-state index contributed by atoms with van der Waals surface area (Å²) in [4.78, 5) is 14.0. The van der Waals surface area contributed by atoms with Crippen molar-refractivity contribution in [2.24, 2.45) is 0 Å². The number of halogens is 2. The highest BCUT2D eigenvalue weighted by Gasteiger charge is 2.08. The van der Waals surface area contributed by atoms with E-state index in [1.807, 2.05) is 36.2 Å². The molecule has 0 amide bonds. The van der Waals surface area contributed by atoms with Gasteiger partial charge in [0.15, 0.2) is 5.78 Å². The molecule has 2 nitrogen and oxygen atoms in total. The van der Waals surface area contributed by atoms with Crippen LogP contribution < -0.4 is 0 Å². The van der Waals surface area contributed by atoms with Gasteiger partial charge in [-0.2, -0.15) is 0 Å². The molecule has 0 fully saturated rings. The molecule has 0 aromatic heterocycles. The summed E-state index contributed by atoms with van der Waals surface area (Å²) in [6.07, 6.45) is 0.338. The number of rotatable bonds is 6. The van der Waals surface area contributed by atoms with E-state index >= 15 is 0 Å². The van der Waals surface area contributed by atoms with Crippen molar-refractivity contribution in [2.45, 2.75) is 13.0 Å². The third-order valence-corrected chi connectivity index (χ3v) is 3.66. The molecule has 21 heavy (non-hydrogen) atoms. The molecule has 0 saturated heterocycles. The Morgan fingerprint density at radius 2 is 1.62 bits per heavy atom. The predicted molar refractivity (Wildman–Crippen MR) is 85.6 cm³/mol. The topological polar surface area (TPSA) is 20.3 Å².